The zero-order chi connectivity index (χ0) is 14.3. The number of esters is 1. The summed E-state index contributed by atoms with van der Waals surface area (Å²) in [5.74, 6) is -0.198. The van der Waals surface area contributed by atoms with Gasteiger partial charge >= 0.3 is 12.0 Å². The second kappa shape index (κ2) is 7.76. The summed E-state index contributed by atoms with van der Waals surface area (Å²) in [5, 5.41) is 3.80. The van der Waals surface area contributed by atoms with Crippen molar-refractivity contribution in [3.63, 3.8) is 0 Å². The van der Waals surface area contributed by atoms with Crippen LogP contribution in [0.3, 0.4) is 0 Å². The summed E-state index contributed by atoms with van der Waals surface area (Å²) in [4.78, 5) is 22.2. The molecule has 0 spiro atoms. The number of nitrogens with zero attached hydrogens (tertiary/aromatic N) is 1. The Hall–Kier alpha value is -1.59. The fourth-order valence-corrected chi connectivity index (χ4v) is 2.16. The van der Waals surface area contributed by atoms with Crippen LogP contribution in [0.2, 0.25) is 0 Å². The van der Waals surface area contributed by atoms with E-state index in [4.69, 9.17) is 10.5 Å². The number of amides is 2. The number of unbranched alkanes of at least 4 members (excludes halogenated alkanes) is 3. The first-order chi connectivity index (χ1) is 9.04. The number of carbonyl (C=O) groups excluding carboxylic acids is 2. The Bertz CT molecular complexity index is 355. The molecule has 6 nitrogen and oxygen atoms in total. The number of rotatable bonds is 7. The van der Waals surface area contributed by atoms with Crippen LogP contribution in [0.4, 0.5) is 4.79 Å². The minimum Gasteiger partial charge on any atom is -0.456 e. The topological polar surface area (TPSA) is 93.8 Å². The summed E-state index contributed by atoms with van der Waals surface area (Å²) in [6, 6.07) is -0.722. The Kier molecular flexibility index (Phi) is 6.32. The smallest absolute Gasteiger partial charge is 0.332 e. The Morgan fingerprint density at radius 2 is 2.21 bits per heavy atom. The van der Waals surface area contributed by atoms with E-state index in [0.717, 1.165) is 19.3 Å². The van der Waals surface area contributed by atoms with Crippen molar-refractivity contribution in [2.24, 2.45) is 16.8 Å². The number of nitrogens with two attached hydrogens (primary N) is 1. The number of urea groups is 1. The predicted molar refractivity (Wildman–Crippen MR) is 72.6 cm³/mol. The first-order valence-corrected chi connectivity index (χ1v) is 6.84. The molecular formula is C13H23N3O3. The highest BCUT2D eigenvalue weighted by Crippen LogP contribution is 2.27. The third kappa shape index (κ3) is 5.28. The highest BCUT2D eigenvalue weighted by molar-refractivity contribution is 5.91. The first-order valence-electron chi connectivity index (χ1n) is 6.84. The summed E-state index contributed by atoms with van der Waals surface area (Å²) in [5.41, 5.74) is 7.64. The lowest BCUT2D eigenvalue weighted by Gasteiger charge is -2.07. The van der Waals surface area contributed by atoms with Gasteiger partial charge in [0, 0.05) is 6.42 Å². The van der Waals surface area contributed by atoms with E-state index in [1.807, 2.05) is 0 Å². The summed E-state index contributed by atoms with van der Waals surface area (Å²) in [7, 11) is 0. The fourth-order valence-electron chi connectivity index (χ4n) is 2.16. The molecule has 19 heavy (non-hydrogen) atoms. The molecule has 0 bridgehead atoms. The van der Waals surface area contributed by atoms with Crippen molar-refractivity contribution in [3.05, 3.63) is 0 Å². The van der Waals surface area contributed by atoms with Gasteiger partial charge in [0.2, 0.25) is 0 Å². The van der Waals surface area contributed by atoms with Gasteiger partial charge in [-0.2, -0.15) is 5.10 Å². The summed E-state index contributed by atoms with van der Waals surface area (Å²) < 4.78 is 5.26. The van der Waals surface area contributed by atoms with Gasteiger partial charge in [-0.3, -0.25) is 4.79 Å². The molecule has 1 aliphatic heterocycles. The Morgan fingerprint density at radius 3 is 2.84 bits per heavy atom. The maximum Gasteiger partial charge on any atom is 0.332 e. The normalized spacial score (nSPS) is 23.3. The van der Waals surface area contributed by atoms with Gasteiger partial charge in [-0.15, -0.1) is 0 Å². The molecule has 0 aromatic rings. The van der Waals surface area contributed by atoms with Crippen molar-refractivity contribution in [3.8, 4) is 0 Å². The van der Waals surface area contributed by atoms with Crippen molar-refractivity contribution in [1.82, 2.24) is 5.43 Å². The molecule has 3 N–H and O–H groups in total. The molecule has 1 heterocycles. The van der Waals surface area contributed by atoms with Crippen molar-refractivity contribution in [2.45, 2.75) is 58.5 Å². The van der Waals surface area contributed by atoms with Gasteiger partial charge in [-0.1, -0.05) is 32.6 Å². The maximum atomic E-state index is 11.7. The van der Waals surface area contributed by atoms with Crippen molar-refractivity contribution in [1.29, 1.82) is 0 Å². The predicted octanol–water partition coefficient (Wildman–Crippen LogP) is 1.93. The molecule has 2 amide bonds. The van der Waals surface area contributed by atoms with E-state index in [2.05, 4.69) is 17.5 Å². The molecule has 0 saturated carbocycles. The van der Waals surface area contributed by atoms with Gasteiger partial charge in [0.05, 0.1) is 11.6 Å². The molecule has 2 atom stereocenters. The van der Waals surface area contributed by atoms with E-state index >= 15 is 0 Å². The maximum absolute atomic E-state index is 11.7. The number of nitrogens with one attached hydrogen (secondary N) is 1. The van der Waals surface area contributed by atoms with Crippen LogP contribution in [0.15, 0.2) is 5.10 Å². The number of hydrazone groups is 1. The first kappa shape index (κ1) is 15.5. The van der Waals surface area contributed by atoms with Gasteiger partial charge in [-0.25, -0.2) is 10.2 Å². The zero-order valence-electron chi connectivity index (χ0n) is 11.6. The molecule has 108 valence electrons. The molecule has 1 rings (SSSR count). The number of ether oxygens (including phenoxy) is 1. The van der Waals surface area contributed by atoms with Crippen LogP contribution in [0.5, 0.6) is 0 Å². The largest absolute Gasteiger partial charge is 0.456 e. The number of cyclic esters (lactones) is 1. The monoisotopic (exact) mass is 269 g/mol. The van der Waals surface area contributed by atoms with Gasteiger partial charge in [0.25, 0.3) is 0 Å². The van der Waals surface area contributed by atoms with Crippen molar-refractivity contribution in [2.75, 3.05) is 0 Å². The molecule has 1 aliphatic rings. The van der Waals surface area contributed by atoms with Crippen molar-refractivity contribution < 1.29 is 14.3 Å². The zero-order valence-corrected chi connectivity index (χ0v) is 11.6. The highest BCUT2D eigenvalue weighted by atomic mass is 16.6. The molecule has 0 aromatic heterocycles. The van der Waals surface area contributed by atoms with Crippen LogP contribution in [0.25, 0.3) is 0 Å². The van der Waals surface area contributed by atoms with Crippen LogP contribution in [0.1, 0.15) is 52.4 Å². The molecule has 1 saturated heterocycles. The quantitative estimate of drug-likeness (QED) is 0.320. The molecule has 0 unspecified atom stereocenters. The van der Waals surface area contributed by atoms with Gasteiger partial charge in [0.15, 0.2) is 0 Å². The number of hydrogen-bond acceptors (Lipinski definition) is 4. The Morgan fingerprint density at radius 1 is 1.47 bits per heavy atom. The average Bonchev–Trinajstić information content (AvgIpc) is 2.73. The standard InChI is InChI=1S/C13H23N3O3/c1-3-4-5-6-7-10-8-11(19-12(10)17)9(2)15-16-13(14)18/h10-11H,3-8H2,1-2H3,(H3,14,16,18)/t10-,11+/m1/s1. The number of primary amides is 1. The molecule has 0 aromatic carbocycles. The second-order valence-corrected chi connectivity index (χ2v) is 4.94. The molecule has 6 heteroatoms. The lowest BCUT2D eigenvalue weighted by Crippen LogP contribution is -2.28. The summed E-state index contributed by atoms with van der Waals surface area (Å²) in [6.07, 6.45) is 5.76. The Balaban J connectivity index is 2.39. The summed E-state index contributed by atoms with van der Waals surface area (Å²) >= 11 is 0. The van der Waals surface area contributed by atoms with E-state index in [1.54, 1.807) is 6.92 Å². The highest BCUT2D eigenvalue weighted by Gasteiger charge is 2.35. The van der Waals surface area contributed by atoms with Crippen LogP contribution >= 0.6 is 0 Å². The molecule has 0 aliphatic carbocycles. The SMILES string of the molecule is CCCCCC[C@@H]1C[C@@H](C(C)=NNC(N)=O)OC1=O. The molecule has 0 radical (unpaired) electrons. The van der Waals surface area contributed by atoms with Crippen LogP contribution in [-0.2, 0) is 9.53 Å². The molecule has 1 fully saturated rings. The van der Waals surface area contributed by atoms with Gasteiger partial charge in [0.1, 0.15) is 6.10 Å². The molecular weight excluding hydrogens is 246 g/mol. The third-order valence-corrected chi connectivity index (χ3v) is 3.30. The van der Waals surface area contributed by atoms with Crippen LogP contribution in [0, 0.1) is 5.92 Å². The number of hydrogen-bond donors (Lipinski definition) is 2. The second-order valence-electron chi connectivity index (χ2n) is 4.94. The van der Waals surface area contributed by atoms with Crippen molar-refractivity contribution >= 4 is 17.7 Å². The van der Waals surface area contributed by atoms with E-state index in [9.17, 15) is 9.59 Å². The van der Waals surface area contributed by atoms with E-state index < -0.39 is 6.03 Å². The lowest BCUT2D eigenvalue weighted by molar-refractivity contribution is -0.142. The average molecular weight is 269 g/mol. The van der Waals surface area contributed by atoms with Crippen LogP contribution < -0.4 is 11.2 Å². The van der Waals surface area contributed by atoms with Gasteiger partial charge in [-0.05, 0) is 13.3 Å². The van der Waals surface area contributed by atoms with E-state index in [1.165, 1.54) is 12.8 Å². The van der Waals surface area contributed by atoms with Crippen LogP contribution in [-0.4, -0.2) is 23.8 Å². The number of carbonyl (C=O) groups is 2. The van der Waals surface area contributed by atoms with E-state index in [-0.39, 0.29) is 18.0 Å². The van der Waals surface area contributed by atoms with Gasteiger partial charge < -0.3 is 10.5 Å². The minimum absolute atomic E-state index is 0.0411. The van der Waals surface area contributed by atoms with E-state index in [0.29, 0.717) is 12.1 Å². The lowest BCUT2D eigenvalue weighted by atomic mass is 9.96. The minimum atomic E-state index is -0.722. The third-order valence-electron chi connectivity index (χ3n) is 3.30. The fraction of sp³-hybridized carbons (Fsp3) is 0.769. The summed E-state index contributed by atoms with van der Waals surface area (Å²) in [6.45, 7) is 3.87. The Labute approximate surface area is 113 Å².